The summed E-state index contributed by atoms with van der Waals surface area (Å²) in [5.41, 5.74) is 5.78. The van der Waals surface area contributed by atoms with Gasteiger partial charge < -0.3 is 16.4 Å². The Kier molecular flexibility index (Phi) is 6.94. The van der Waals surface area contributed by atoms with E-state index < -0.39 is 0 Å². The van der Waals surface area contributed by atoms with Crippen LogP contribution in [0.1, 0.15) is 38.9 Å². The SMILES string of the molecule is CCCC(CC)NC(=O)/C(=C/N)c1nc(Cl)cc(NC)n1. The lowest BCUT2D eigenvalue weighted by Gasteiger charge is -2.17. The maximum Gasteiger partial charge on any atom is 0.256 e. The molecule has 0 saturated heterocycles. The van der Waals surface area contributed by atoms with Gasteiger partial charge in [-0.1, -0.05) is 31.9 Å². The molecule has 1 amide bonds. The van der Waals surface area contributed by atoms with Crippen LogP contribution in [0.3, 0.4) is 0 Å². The molecule has 6 nitrogen and oxygen atoms in total. The van der Waals surface area contributed by atoms with Gasteiger partial charge >= 0.3 is 0 Å². The third-order valence-corrected chi connectivity index (χ3v) is 3.26. The third kappa shape index (κ3) is 4.90. The average molecular weight is 312 g/mol. The lowest BCUT2D eigenvalue weighted by molar-refractivity contribution is -0.116. The van der Waals surface area contributed by atoms with Gasteiger partial charge in [0, 0.05) is 25.4 Å². The van der Waals surface area contributed by atoms with E-state index in [2.05, 4.69) is 27.5 Å². The van der Waals surface area contributed by atoms with E-state index in [0.717, 1.165) is 19.3 Å². The largest absolute Gasteiger partial charge is 0.404 e. The summed E-state index contributed by atoms with van der Waals surface area (Å²) >= 11 is 5.93. The van der Waals surface area contributed by atoms with Crippen molar-refractivity contribution in [2.24, 2.45) is 5.73 Å². The number of nitrogens with one attached hydrogen (secondary N) is 2. The van der Waals surface area contributed by atoms with E-state index in [-0.39, 0.29) is 28.5 Å². The summed E-state index contributed by atoms with van der Waals surface area (Å²) in [6.07, 6.45) is 3.98. The van der Waals surface area contributed by atoms with Crippen LogP contribution in [-0.4, -0.2) is 29.0 Å². The Hall–Kier alpha value is -1.82. The summed E-state index contributed by atoms with van der Waals surface area (Å²) in [5, 5.41) is 6.05. The van der Waals surface area contributed by atoms with Gasteiger partial charge in [-0.15, -0.1) is 0 Å². The van der Waals surface area contributed by atoms with E-state index in [4.69, 9.17) is 17.3 Å². The Balaban J connectivity index is 2.97. The summed E-state index contributed by atoms with van der Waals surface area (Å²) in [5.74, 6) is 0.443. The lowest BCUT2D eigenvalue weighted by atomic mass is 10.1. The van der Waals surface area contributed by atoms with E-state index in [9.17, 15) is 4.79 Å². The van der Waals surface area contributed by atoms with Crippen molar-refractivity contribution in [3.63, 3.8) is 0 Å². The topological polar surface area (TPSA) is 92.9 Å². The van der Waals surface area contributed by atoms with Gasteiger partial charge in [-0.3, -0.25) is 4.79 Å². The Bertz CT molecular complexity index is 518. The molecule has 0 radical (unpaired) electrons. The summed E-state index contributed by atoms with van der Waals surface area (Å²) in [7, 11) is 1.71. The van der Waals surface area contributed by atoms with Gasteiger partial charge in [-0.25, -0.2) is 9.97 Å². The van der Waals surface area contributed by atoms with Crippen molar-refractivity contribution in [2.45, 2.75) is 39.2 Å². The number of hydrogen-bond acceptors (Lipinski definition) is 5. The molecule has 1 unspecified atom stereocenters. The maximum absolute atomic E-state index is 12.3. The number of hydrogen-bond donors (Lipinski definition) is 3. The molecule has 1 aromatic heterocycles. The highest BCUT2D eigenvalue weighted by Gasteiger charge is 2.18. The predicted octanol–water partition coefficient (Wildman–Crippen LogP) is 2.17. The molecule has 21 heavy (non-hydrogen) atoms. The second-order valence-corrected chi connectivity index (χ2v) is 4.98. The number of amides is 1. The fourth-order valence-corrected chi connectivity index (χ4v) is 2.09. The molecule has 0 aromatic carbocycles. The van der Waals surface area contributed by atoms with Crippen LogP contribution in [0.5, 0.6) is 0 Å². The molecule has 0 spiro atoms. The van der Waals surface area contributed by atoms with Crippen LogP contribution in [0.25, 0.3) is 5.57 Å². The minimum Gasteiger partial charge on any atom is -0.404 e. The van der Waals surface area contributed by atoms with Crippen LogP contribution >= 0.6 is 11.6 Å². The van der Waals surface area contributed by atoms with Crippen LogP contribution in [0, 0.1) is 0 Å². The minimum absolute atomic E-state index is 0.111. The van der Waals surface area contributed by atoms with Crippen molar-refractivity contribution in [2.75, 3.05) is 12.4 Å². The molecule has 4 N–H and O–H groups in total. The smallest absolute Gasteiger partial charge is 0.256 e. The second kappa shape index (κ2) is 8.46. The number of nitrogens with zero attached hydrogens (tertiary/aromatic N) is 2. The van der Waals surface area contributed by atoms with Gasteiger partial charge in [0.25, 0.3) is 5.91 Å². The van der Waals surface area contributed by atoms with Gasteiger partial charge in [0.15, 0.2) is 5.82 Å². The molecule has 0 aliphatic heterocycles. The van der Waals surface area contributed by atoms with E-state index in [0.29, 0.717) is 5.82 Å². The molecule has 7 heteroatoms. The van der Waals surface area contributed by atoms with Gasteiger partial charge in [0.2, 0.25) is 0 Å². The standard InChI is InChI=1S/C14H22ClN5O/c1-4-6-9(5-2)18-14(21)10(8-16)13-19-11(15)7-12(17-3)20-13/h7-9H,4-6,16H2,1-3H3,(H,18,21)(H,17,19,20)/b10-8+. The normalized spacial score (nSPS) is 12.9. The van der Waals surface area contributed by atoms with E-state index in [1.54, 1.807) is 13.1 Å². The Morgan fingerprint density at radius 3 is 2.71 bits per heavy atom. The molecule has 0 aliphatic carbocycles. The van der Waals surface area contributed by atoms with Gasteiger partial charge in [-0.2, -0.15) is 0 Å². The van der Waals surface area contributed by atoms with Crippen molar-refractivity contribution >= 4 is 28.9 Å². The molecule has 0 bridgehead atoms. The van der Waals surface area contributed by atoms with Crippen LogP contribution < -0.4 is 16.4 Å². The Labute approximate surface area is 130 Å². The Morgan fingerprint density at radius 1 is 1.48 bits per heavy atom. The number of rotatable bonds is 7. The zero-order valence-corrected chi connectivity index (χ0v) is 13.4. The lowest BCUT2D eigenvalue weighted by Crippen LogP contribution is -2.35. The molecule has 0 saturated carbocycles. The molecular formula is C14H22ClN5O. The first-order valence-electron chi connectivity index (χ1n) is 7.01. The molecule has 1 aromatic rings. The highest BCUT2D eigenvalue weighted by molar-refractivity contribution is 6.30. The second-order valence-electron chi connectivity index (χ2n) is 4.60. The maximum atomic E-state index is 12.3. The van der Waals surface area contributed by atoms with Crippen molar-refractivity contribution in [1.82, 2.24) is 15.3 Å². The highest BCUT2D eigenvalue weighted by atomic mass is 35.5. The fraction of sp³-hybridized carbons (Fsp3) is 0.500. The monoisotopic (exact) mass is 311 g/mol. The molecule has 0 fully saturated rings. The first kappa shape index (κ1) is 17.2. The van der Waals surface area contributed by atoms with Crippen LogP contribution in [0.2, 0.25) is 5.15 Å². The first-order chi connectivity index (χ1) is 10.0. The zero-order chi connectivity index (χ0) is 15.8. The molecule has 1 atom stereocenters. The summed E-state index contributed by atoms with van der Waals surface area (Å²) in [6.45, 7) is 4.11. The summed E-state index contributed by atoms with van der Waals surface area (Å²) in [6, 6.07) is 1.68. The van der Waals surface area contributed by atoms with Crippen molar-refractivity contribution < 1.29 is 4.79 Å². The molecule has 0 aliphatic rings. The van der Waals surface area contributed by atoms with Crippen molar-refractivity contribution in [3.8, 4) is 0 Å². The van der Waals surface area contributed by atoms with E-state index >= 15 is 0 Å². The van der Waals surface area contributed by atoms with Crippen LogP contribution in [0.15, 0.2) is 12.3 Å². The molecule has 1 heterocycles. The number of nitrogens with two attached hydrogens (primary N) is 1. The van der Waals surface area contributed by atoms with Crippen LogP contribution in [0.4, 0.5) is 5.82 Å². The minimum atomic E-state index is -0.290. The molecule has 1 rings (SSSR count). The van der Waals surface area contributed by atoms with Gasteiger partial charge in [-0.05, 0) is 12.8 Å². The summed E-state index contributed by atoms with van der Waals surface area (Å²) < 4.78 is 0. The van der Waals surface area contributed by atoms with Gasteiger partial charge in [0.05, 0.1) is 5.57 Å². The van der Waals surface area contributed by atoms with E-state index in [1.165, 1.54) is 6.20 Å². The number of aromatic nitrogens is 2. The van der Waals surface area contributed by atoms with E-state index in [1.807, 2.05) is 6.92 Å². The van der Waals surface area contributed by atoms with Crippen LogP contribution in [-0.2, 0) is 4.79 Å². The zero-order valence-electron chi connectivity index (χ0n) is 12.6. The number of carbonyl (C=O) groups is 1. The quantitative estimate of drug-likeness (QED) is 0.530. The first-order valence-corrected chi connectivity index (χ1v) is 7.38. The number of carbonyl (C=O) groups excluding carboxylic acids is 1. The Morgan fingerprint density at radius 2 is 2.19 bits per heavy atom. The third-order valence-electron chi connectivity index (χ3n) is 3.07. The predicted molar refractivity (Wildman–Crippen MR) is 85.9 cm³/mol. The van der Waals surface area contributed by atoms with Crippen molar-refractivity contribution in [3.05, 3.63) is 23.2 Å². The fourth-order valence-electron chi connectivity index (χ4n) is 1.91. The highest BCUT2D eigenvalue weighted by Crippen LogP contribution is 2.17. The van der Waals surface area contributed by atoms with Gasteiger partial charge in [0.1, 0.15) is 11.0 Å². The number of anilines is 1. The molecule has 116 valence electrons. The summed E-state index contributed by atoms with van der Waals surface area (Å²) in [4.78, 5) is 20.6. The van der Waals surface area contributed by atoms with Crippen molar-refractivity contribution in [1.29, 1.82) is 0 Å². The average Bonchev–Trinajstić information content (AvgIpc) is 2.46. The molecular weight excluding hydrogens is 290 g/mol. The number of halogens is 1.